The van der Waals surface area contributed by atoms with Gasteiger partial charge in [0.15, 0.2) is 11.5 Å². The summed E-state index contributed by atoms with van der Waals surface area (Å²) >= 11 is 0. The van der Waals surface area contributed by atoms with E-state index in [-0.39, 0.29) is 29.2 Å². The molecule has 3 rings (SSSR count). The number of benzene rings is 2. The lowest BCUT2D eigenvalue weighted by Crippen LogP contribution is -2.35. The number of nitrogens with zero attached hydrogens (tertiary/aromatic N) is 1. The Morgan fingerprint density at radius 3 is 2.41 bits per heavy atom. The van der Waals surface area contributed by atoms with E-state index < -0.39 is 5.97 Å². The summed E-state index contributed by atoms with van der Waals surface area (Å²) in [5.74, 6) is 0.143. The van der Waals surface area contributed by atoms with E-state index in [9.17, 15) is 14.7 Å². The van der Waals surface area contributed by atoms with Crippen LogP contribution in [0.3, 0.4) is 0 Å². The van der Waals surface area contributed by atoms with Gasteiger partial charge < -0.3 is 24.2 Å². The largest absolute Gasteiger partial charge is 0.496 e. The zero-order chi connectivity index (χ0) is 23.3. The molecule has 1 fully saturated rings. The molecule has 1 aliphatic rings. The molecule has 0 bridgehead atoms. The Morgan fingerprint density at radius 1 is 1.12 bits per heavy atom. The van der Waals surface area contributed by atoms with Crippen molar-refractivity contribution in [2.45, 2.75) is 38.5 Å². The molecule has 1 saturated heterocycles. The number of hydrogen-bond donors (Lipinski definition) is 1. The third-order valence-corrected chi connectivity index (χ3v) is 6.17. The molecule has 7 nitrogen and oxygen atoms in total. The third kappa shape index (κ3) is 4.43. The highest BCUT2D eigenvalue weighted by molar-refractivity contribution is 6.00. The number of amides is 1. The molecule has 1 atom stereocenters. The summed E-state index contributed by atoms with van der Waals surface area (Å²) in [5.41, 5.74) is 1.72. The van der Waals surface area contributed by atoms with Crippen LogP contribution in [0.4, 0.5) is 0 Å². The van der Waals surface area contributed by atoms with Gasteiger partial charge >= 0.3 is 5.97 Å². The molecule has 1 unspecified atom stereocenters. The van der Waals surface area contributed by atoms with Gasteiger partial charge in [0.05, 0.1) is 19.8 Å². The van der Waals surface area contributed by atoms with Crippen molar-refractivity contribution < 1.29 is 28.9 Å². The number of methoxy groups -OCH3 is 2. The van der Waals surface area contributed by atoms with Crippen LogP contribution in [0.2, 0.25) is 0 Å². The normalized spacial score (nSPS) is 17.8. The van der Waals surface area contributed by atoms with Gasteiger partial charge in [-0.05, 0) is 30.9 Å². The van der Waals surface area contributed by atoms with Crippen molar-refractivity contribution in [3.63, 3.8) is 0 Å². The summed E-state index contributed by atoms with van der Waals surface area (Å²) in [4.78, 5) is 27.3. The number of carbonyl (C=O) groups is 2. The number of rotatable bonds is 8. The maximum absolute atomic E-state index is 13.7. The Balaban J connectivity index is 2.04. The topological polar surface area (TPSA) is 85.3 Å². The highest BCUT2D eigenvalue weighted by Crippen LogP contribution is 2.44. The molecule has 1 aliphatic heterocycles. The summed E-state index contributed by atoms with van der Waals surface area (Å²) in [5, 5.41) is 9.74. The second kappa shape index (κ2) is 10.0. The molecule has 7 heteroatoms. The third-order valence-electron chi connectivity index (χ3n) is 6.17. The standard InChI is InChI=1S/C25H31NO6/c1-5-19-21(30-3)15-20(23(22(19)31-4)32-17(2)28)24(29)26-13-11-25(16-26,12-14-27)18-9-7-6-8-10-18/h6-10,15,27H,5,11-14,16H2,1-4H3. The highest BCUT2D eigenvalue weighted by Gasteiger charge is 2.42. The molecule has 0 aliphatic carbocycles. The average Bonchev–Trinajstić information content (AvgIpc) is 3.23. The lowest BCUT2D eigenvalue weighted by Gasteiger charge is -2.29. The van der Waals surface area contributed by atoms with Crippen molar-refractivity contribution >= 4 is 11.9 Å². The van der Waals surface area contributed by atoms with Crippen molar-refractivity contribution in [3.05, 3.63) is 53.1 Å². The van der Waals surface area contributed by atoms with Gasteiger partial charge in [-0.3, -0.25) is 9.59 Å². The molecule has 0 saturated carbocycles. The van der Waals surface area contributed by atoms with Crippen LogP contribution in [-0.4, -0.2) is 55.8 Å². The number of esters is 1. The van der Waals surface area contributed by atoms with Gasteiger partial charge in [0.2, 0.25) is 0 Å². The van der Waals surface area contributed by atoms with Crippen LogP contribution in [0.25, 0.3) is 0 Å². The van der Waals surface area contributed by atoms with Crippen LogP contribution in [0.1, 0.15) is 48.2 Å². The number of carbonyl (C=O) groups excluding carboxylic acids is 2. The molecule has 1 heterocycles. The van der Waals surface area contributed by atoms with E-state index in [2.05, 4.69) is 0 Å². The van der Waals surface area contributed by atoms with Crippen molar-refractivity contribution in [1.82, 2.24) is 4.90 Å². The molecule has 1 amide bonds. The lowest BCUT2D eigenvalue weighted by molar-refractivity contribution is -0.132. The molecule has 0 spiro atoms. The van der Waals surface area contributed by atoms with E-state index in [1.165, 1.54) is 21.1 Å². The molecule has 172 valence electrons. The molecular formula is C25H31NO6. The molecule has 0 aromatic heterocycles. The summed E-state index contributed by atoms with van der Waals surface area (Å²) in [6, 6.07) is 11.6. The van der Waals surface area contributed by atoms with Crippen LogP contribution >= 0.6 is 0 Å². The maximum atomic E-state index is 13.7. The first kappa shape index (κ1) is 23.6. The second-order valence-electron chi connectivity index (χ2n) is 8.01. The zero-order valence-corrected chi connectivity index (χ0v) is 19.1. The predicted octanol–water partition coefficient (Wildman–Crippen LogP) is 3.36. The van der Waals surface area contributed by atoms with E-state index in [1.807, 2.05) is 37.3 Å². The van der Waals surface area contributed by atoms with Gasteiger partial charge in [-0.2, -0.15) is 0 Å². The number of aliphatic hydroxyl groups is 1. The van der Waals surface area contributed by atoms with Crippen LogP contribution in [0, 0.1) is 0 Å². The molecule has 1 N–H and O–H groups in total. The lowest BCUT2D eigenvalue weighted by atomic mass is 9.77. The van der Waals surface area contributed by atoms with Gasteiger partial charge in [0.1, 0.15) is 5.75 Å². The zero-order valence-electron chi connectivity index (χ0n) is 19.1. The summed E-state index contributed by atoms with van der Waals surface area (Å²) in [6.07, 6.45) is 1.86. The van der Waals surface area contributed by atoms with Crippen molar-refractivity contribution in [3.8, 4) is 17.2 Å². The highest BCUT2D eigenvalue weighted by atomic mass is 16.6. The van der Waals surface area contributed by atoms with Gasteiger partial charge in [-0.15, -0.1) is 0 Å². The van der Waals surface area contributed by atoms with E-state index in [1.54, 1.807) is 11.0 Å². The predicted molar refractivity (Wildman–Crippen MR) is 121 cm³/mol. The number of ether oxygens (including phenoxy) is 3. The van der Waals surface area contributed by atoms with Crippen LogP contribution in [0.5, 0.6) is 17.2 Å². The Morgan fingerprint density at radius 2 is 1.84 bits per heavy atom. The van der Waals surface area contributed by atoms with Crippen LogP contribution < -0.4 is 14.2 Å². The van der Waals surface area contributed by atoms with Gasteiger partial charge in [0.25, 0.3) is 5.91 Å². The second-order valence-corrected chi connectivity index (χ2v) is 8.01. The number of aliphatic hydroxyl groups excluding tert-OH is 1. The Hall–Kier alpha value is -3.06. The van der Waals surface area contributed by atoms with Crippen molar-refractivity contribution in [2.24, 2.45) is 0 Å². The summed E-state index contributed by atoms with van der Waals surface area (Å²) < 4.78 is 16.5. The fourth-order valence-corrected chi connectivity index (χ4v) is 4.60. The smallest absolute Gasteiger partial charge is 0.308 e. The first-order chi connectivity index (χ1) is 15.4. The fourth-order valence-electron chi connectivity index (χ4n) is 4.60. The van der Waals surface area contributed by atoms with Gasteiger partial charge in [-0.1, -0.05) is 37.3 Å². The van der Waals surface area contributed by atoms with E-state index in [0.29, 0.717) is 37.4 Å². The molecule has 32 heavy (non-hydrogen) atoms. The SMILES string of the molecule is CCc1c(OC)cc(C(=O)N2CCC(CCO)(c3ccccc3)C2)c(OC(C)=O)c1OC. The first-order valence-electron chi connectivity index (χ1n) is 10.8. The molecule has 2 aromatic carbocycles. The maximum Gasteiger partial charge on any atom is 0.308 e. The first-order valence-corrected chi connectivity index (χ1v) is 10.8. The molecule has 2 aromatic rings. The molecular weight excluding hydrogens is 410 g/mol. The van der Waals surface area contributed by atoms with Crippen LogP contribution in [-0.2, 0) is 16.6 Å². The van der Waals surface area contributed by atoms with E-state index in [0.717, 1.165) is 17.5 Å². The number of hydrogen-bond acceptors (Lipinski definition) is 6. The quantitative estimate of drug-likeness (QED) is 0.500. The number of likely N-dealkylation sites (tertiary alicyclic amines) is 1. The van der Waals surface area contributed by atoms with Gasteiger partial charge in [-0.25, -0.2) is 0 Å². The van der Waals surface area contributed by atoms with Crippen molar-refractivity contribution in [1.29, 1.82) is 0 Å². The average molecular weight is 442 g/mol. The summed E-state index contributed by atoms with van der Waals surface area (Å²) in [6.45, 7) is 4.23. The monoisotopic (exact) mass is 441 g/mol. The minimum Gasteiger partial charge on any atom is -0.496 e. The Labute approximate surface area is 188 Å². The van der Waals surface area contributed by atoms with Crippen molar-refractivity contribution in [2.75, 3.05) is 33.9 Å². The van der Waals surface area contributed by atoms with E-state index in [4.69, 9.17) is 14.2 Å². The van der Waals surface area contributed by atoms with Crippen LogP contribution in [0.15, 0.2) is 36.4 Å². The van der Waals surface area contributed by atoms with Gasteiger partial charge in [0, 0.05) is 37.6 Å². The molecule has 0 radical (unpaired) electrons. The Bertz CT molecular complexity index is 974. The fraction of sp³-hybridized carbons (Fsp3) is 0.440. The Kier molecular flexibility index (Phi) is 7.40. The minimum absolute atomic E-state index is 0.0302. The minimum atomic E-state index is -0.537. The summed E-state index contributed by atoms with van der Waals surface area (Å²) in [7, 11) is 3.01. The van der Waals surface area contributed by atoms with E-state index >= 15 is 0 Å².